The predicted octanol–water partition coefficient (Wildman–Crippen LogP) is -5.18. The van der Waals surface area contributed by atoms with E-state index in [0.717, 1.165) is 6.92 Å². The van der Waals surface area contributed by atoms with Gasteiger partial charge in [0.2, 0.25) is 82.7 Å². The molecular weight excluding hydrogens is 1450 g/mol. The second kappa shape index (κ2) is 48.1. The van der Waals surface area contributed by atoms with Crippen molar-refractivity contribution < 1.29 is 92.0 Å². The molecule has 1 aliphatic rings. The molecule has 1 saturated heterocycles. The molecule has 0 aliphatic carbocycles. The Kier molecular flexibility index (Phi) is 40.9. The number of aliphatic hydroxyl groups excluding tert-OH is 1. The van der Waals surface area contributed by atoms with E-state index in [1.165, 1.54) is 11.8 Å². The lowest BCUT2D eigenvalue weighted by atomic mass is 10.0. The van der Waals surface area contributed by atoms with Gasteiger partial charge in [-0.2, -0.15) is 12.6 Å². The number of nitrogens with two attached hydrogens (primary N) is 6. The lowest BCUT2D eigenvalue weighted by molar-refractivity contribution is -0.142. The molecule has 0 spiro atoms. The van der Waals surface area contributed by atoms with Crippen molar-refractivity contribution in [2.75, 3.05) is 25.4 Å². The van der Waals surface area contributed by atoms with Gasteiger partial charge in [-0.3, -0.25) is 81.7 Å². The number of carboxylic acid groups (broad SMARTS) is 2. The number of carbonyl (C=O) groups excluding carboxylic acids is 14. The number of benzene rings is 2. The van der Waals surface area contributed by atoms with Crippen molar-refractivity contribution in [3.63, 3.8) is 0 Å². The van der Waals surface area contributed by atoms with E-state index in [0.29, 0.717) is 30.4 Å². The van der Waals surface area contributed by atoms with Gasteiger partial charge >= 0.3 is 11.9 Å². The minimum absolute atomic E-state index is 0.0336. The van der Waals surface area contributed by atoms with E-state index in [4.69, 9.17) is 39.5 Å². The first-order chi connectivity index (χ1) is 51.8. The molecule has 14 atom stereocenters. The van der Waals surface area contributed by atoms with Gasteiger partial charge in [-0.25, -0.2) is 0 Å². The monoisotopic (exact) mass is 1570 g/mol. The van der Waals surface area contributed by atoms with E-state index in [-0.39, 0.29) is 95.2 Å². The molecule has 2 aromatic rings. The third-order valence-corrected chi connectivity index (χ3v) is 17.8. The van der Waals surface area contributed by atoms with E-state index >= 15 is 0 Å². The Balaban J connectivity index is 1.93. The summed E-state index contributed by atoms with van der Waals surface area (Å²) < 4.78 is 0. The molecule has 14 amide bonds. The summed E-state index contributed by atoms with van der Waals surface area (Å²) >= 11 is 4.31. The van der Waals surface area contributed by atoms with E-state index in [9.17, 15) is 86.9 Å². The van der Waals surface area contributed by atoms with E-state index in [2.05, 4.69) is 76.1 Å². The summed E-state index contributed by atoms with van der Waals surface area (Å²) in [6.07, 6.45) is -3.61. The van der Waals surface area contributed by atoms with E-state index in [1.54, 1.807) is 88.4 Å². The third kappa shape index (κ3) is 33.9. The zero-order valence-electron chi connectivity index (χ0n) is 62.8. The molecule has 0 unspecified atom stereocenters. The molecule has 2 aromatic carbocycles. The van der Waals surface area contributed by atoms with Crippen molar-refractivity contribution in [2.45, 2.75) is 229 Å². The highest BCUT2D eigenvalue weighted by atomic mass is 32.1. The van der Waals surface area contributed by atoms with Crippen LogP contribution in [0.25, 0.3) is 0 Å². The second-order valence-corrected chi connectivity index (χ2v) is 28.2. The summed E-state index contributed by atoms with van der Waals surface area (Å²) in [5.41, 5.74) is 34.6. The molecule has 0 bridgehead atoms. The molecule has 38 nitrogen and oxygen atoms in total. The number of hydrogen-bond acceptors (Lipinski definition) is 21. The van der Waals surface area contributed by atoms with Gasteiger partial charge in [-0.1, -0.05) is 88.4 Å². The zero-order valence-corrected chi connectivity index (χ0v) is 63.7. The van der Waals surface area contributed by atoms with Crippen LogP contribution in [-0.2, 0) is 89.6 Å². The number of thiol groups is 1. The quantitative estimate of drug-likeness (QED) is 0.0127. The number of likely N-dealkylation sites (tertiary alicyclic amines) is 1. The van der Waals surface area contributed by atoms with Gasteiger partial charge in [0, 0.05) is 44.5 Å². The number of carboxylic acids is 2. The predicted molar refractivity (Wildman–Crippen MR) is 404 cm³/mol. The molecule has 1 fully saturated rings. The second-order valence-electron chi connectivity index (χ2n) is 27.8. The molecule has 0 saturated carbocycles. The third-order valence-electron chi connectivity index (χ3n) is 17.5. The largest absolute Gasteiger partial charge is 0.481 e. The molecular formula is C71H111N19O19S. The molecule has 110 heavy (non-hydrogen) atoms. The fourth-order valence-electron chi connectivity index (χ4n) is 11.6. The van der Waals surface area contributed by atoms with Crippen molar-refractivity contribution >= 4 is 113 Å². The number of carbonyl (C=O) groups is 16. The summed E-state index contributed by atoms with van der Waals surface area (Å²) in [6.45, 7) is 9.55. The van der Waals surface area contributed by atoms with E-state index < -0.39 is 211 Å². The standard InChI is InChI=1S/C71H111N19O19S/c1-37(2)31-47(86-67(105)53-23-16-30-90(53)69(107)46(21-13-14-28-72)82-58(96)43(73)24-27-56(94)95)61(99)81-45(25-26-54(74)92)60(98)85-51(35-55(75)93)64(102)83-50(34-42-19-11-8-12-20-42)65(103)89-57(40(6)91)68(106)87-48(32-38(3)4)62(100)88-52(36-110)66(104)84-49(33-41-17-9-7-10-18-41)63(101)80-44(22-15-29-78-71(76)77)59(97)79-39(5)70(108)109/h7-12,17-20,37-40,43-53,57,91,110H,13-16,21-36,72-73H2,1-6H3,(H2,74,92)(H2,75,93)(H,79,97)(H,80,101)(H,81,99)(H,82,96)(H,83,102)(H,84,104)(H,85,98)(H,86,105)(H,87,106)(H,88,100)(H,89,103)(H,94,95)(H,108,109)(H4,76,77,78)/t39-,40+,43-,44-,45-,46-,47-,48-,49-,50-,51-,52-,53-,57-/m0/s1. The van der Waals surface area contributed by atoms with Crippen LogP contribution in [0.15, 0.2) is 65.7 Å². The Hall–Kier alpha value is -10.5. The molecule has 610 valence electrons. The fraction of sp³-hybridized carbons (Fsp3) is 0.592. The number of aliphatic carboxylic acids is 2. The lowest BCUT2D eigenvalue weighted by Gasteiger charge is -2.31. The molecule has 0 radical (unpaired) electrons. The summed E-state index contributed by atoms with van der Waals surface area (Å²) in [5.74, 6) is -17.5. The van der Waals surface area contributed by atoms with Crippen LogP contribution in [0, 0.1) is 11.8 Å². The normalized spacial score (nSPS) is 16.1. The topological polar surface area (TPSA) is 638 Å². The Morgan fingerprint density at radius 1 is 0.500 bits per heavy atom. The zero-order chi connectivity index (χ0) is 82.5. The van der Waals surface area contributed by atoms with Gasteiger partial charge in [0.05, 0.1) is 18.6 Å². The maximum absolute atomic E-state index is 14.6. The molecule has 0 aromatic heterocycles. The number of nitrogens with zero attached hydrogens (tertiary/aromatic N) is 2. The van der Waals surface area contributed by atoms with Crippen LogP contribution < -0.4 is 92.9 Å². The first kappa shape index (κ1) is 93.7. The molecule has 26 N–H and O–H groups in total. The number of amides is 14. The minimum atomic E-state index is -1.94. The van der Waals surface area contributed by atoms with Crippen molar-refractivity contribution in [3.05, 3.63) is 71.8 Å². The Labute approximate surface area is 643 Å². The number of primary amides is 2. The average Bonchev–Trinajstić information content (AvgIpc) is 1.67. The smallest absolute Gasteiger partial charge is 0.325 e. The first-order valence-electron chi connectivity index (χ1n) is 36.4. The Morgan fingerprint density at radius 3 is 1.44 bits per heavy atom. The van der Waals surface area contributed by atoms with Gasteiger partial charge in [0.15, 0.2) is 5.96 Å². The number of guanidine groups is 1. The van der Waals surface area contributed by atoms with Crippen LogP contribution in [-0.4, -0.2) is 231 Å². The number of rotatable bonds is 50. The van der Waals surface area contributed by atoms with Gasteiger partial charge in [0.1, 0.15) is 72.5 Å². The number of aliphatic imine (C=N–C) groups is 1. The van der Waals surface area contributed by atoms with Crippen molar-refractivity contribution in [1.29, 1.82) is 0 Å². The summed E-state index contributed by atoms with van der Waals surface area (Å²) in [7, 11) is 0. The lowest BCUT2D eigenvalue weighted by Crippen LogP contribution is -2.62. The summed E-state index contributed by atoms with van der Waals surface area (Å²) in [6, 6.07) is -3.19. The Bertz CT molecular complexity index is 3500. The van der Waals surface area contributed by atoms with Crippen LogP contribution >= 0.6 is 12.6 Å². The van der Waals surface area contributed by atoms with Gasteiger partial charge in [-0.05, 0) is 114 Å². The SMILES string of the molecule is CC(C)C[C@H](NC(=O)[C@@H](NC(=O)[C@H](Cc1ccccc1)NC(=O)[C@H](CC(N)=O)NC(=O)[C@H](CCC(N)=O)NC(=O)[C@H](CC(C)C)NC(=O)[C@@H]1CCCN1C(=O)[C@H](CCCCN)NC(=O)[C@@H](N)CCC(=O)O)[C@@H](C)O)C(=O)N[C@@H](CS)C(=O)N[C@@H](Cc1ccccc1)C(=O)N[C@@H](CCCN=C(N)N)C(=O)N[C@@H](C)C(=O)O. The number of hydrogen-bond donors (Lipinski definition) is 21. The highest BCUT2D eigenvalue weighted by Crippen LogP contribution is 2.22. The average molecular weight is 1570 g/mol. The molecule has 1 heterocycles. The van der Waals surface area contributed by atoms with E-state index in [1.807, 2.05) is 0 Å². The minimum Gasteiger partial charge on any atom is -0.481 e. The summed E-state index contributed by atoms with van der Waals surface area (Å²) in [5, 5.41) is 57.3. The van der Waals surface area contributed by atoms with Crippen LogP contribution in [0.2, 0.25) is 0 Å². The van der Waals surface area contributed by atoms with Crippen LogP contribution in [0.4, 0.5) is 0 Å². The fourth-order valence-corrected chi connectivity index (χ4v) is 11.9. The van der Waals surface area contributed by atoms with Crippen LogP contribution in [0.1, 0.15) is 143 Å². The van der Waals surface area contributed by atoms with Crippen molar-refractivity contribution in [1.82, 2.24) is 63.4 Å². The maximum Gasteiger partial charge on any atom is 0.325 e. The van der Waals surface area contributed by atoms with Crippen LogP contribution in [0.3, 0.4) is 0 Å². The van der Waals surface area contributed by atoms with Gasteiger partial charge < -0.3 is 113 Å². The van der Waals surface area contributed by atoms with Gasteiger partial charge in [-0.15, -0.1) is 0 Å². The summed E-state index contributed by atoms with van der Waals surface area (Å²) in [4.78, 5) is 223. The van der Waals surface area contributed by atoms with Gasteiger partial charge in [0.25, 0.3) is 0 Å². The number of unbranched alkanes of at least 4 members (excludes halogenated alkanes) is 1. The Morgan fingerprint density at radius 2 is 0.945 bits per heavy atom. The number of aliphatic hydroxyl groups is 1. The highest BCUT2D eigenvalue weighted by Gasteiger charge is 2.42. The maximum atomic E-state index is 14.6. The van der Waals surface area contributed by atoms with Crippen molar-refractivity contribution in [2.24, 2.45) is 51.2 Å². The molecule has 3 rings (SSSR count). The van der Waals surface area contributed by atoms with Crippen LogP contribution in [0.5, 0.6) is 0 Å². The number of nitrogens with one attached hydrogen (secondary N) is 11. The first-order valence-corrected chi connectivity index (χ1v) is 37.0. The highest BCUT2D eigenvalue weighted by molar-refractivity contribution is 7.80. The van der Waals surface area contributed by atoms with Crippen molar-refractivity contribution in [3.8, 4) is 0 Å². The molecule has 1 aliphatic heterocycles. The molecule has 39 heteroatoms.